The molecule has 0 aliphatic heterocycles. The van der Waals surface area contributed by atoms with Crippen molar-refractivity contribution in [2.24, 2.45) is 0 Å². The summed E-state index contributed by atoms with van der Waals surface area (Å²) in [5, 5.41) is 7.29. The molecule has 2 aromatic carbocycles. The van der Waals surface area contributed by atoms with Gasteiger partial charge in [-0.25, -0.2) is 9.50 Å². The van der Waals surface area contributed by atoms with Crippen molar-refractivity contribution < 1.29 is 4.79 Å². The third-order valence-corrected chi connectivity index (χ3v) is 5.46. The van der Waals surface area contributed by atoms with E-state index in [1.54, 1.807) is 16.9 Å². The molecule has 0 saturated heterocycles. The number of amides is 1. The van der Waals surface area contributed by atoms with Crippen LogP contribution in [0.1, 0.15) is 44.7 Å². The molecule has 4 aromatic rings. The monoisotopic (exact) mass is 392 g/mol. The van der Waals surface area contributed by atoms with Gasteiger partial charge in [-0.2, -0.15) is 5.10 Å². The first-order valence-electron chi connectivity index (χ1n) is 10.0. The molecule has 1 N–H and O–H groups in total. The summed E-state index contributed by atoms with van der Waals surface area (Å²) >= 11 is 0. The van der Waals surface area contributed by atoms with E-state index in [1.807, 2.05) is 49.4 Å². The molecule has 0 fully saturated rings. The molecule has 0 bridgehead atoms. The maximum absolute atomic E-state index is 12.7. The van der Waals surface area contributed by atoms with Crippen molar-refractivity contribution in [1.82, 2.24) is 14.6 Å². The van der Waals surface area contributed by atoms with Crippen molar-refractivity contribution in [3.63, 3.8) is 0 Å². The number of carbonyl (C=O) groups excluding carboxylic acids is 1. The molecule has 5 heteroatoms. The lowest BCUT2D eigenvalue weighted by atomic mass is 10.1. The minimum Gasteiger partial charge on any atom is -0.322 e. The topological polar surface area (TPSA) is 59.3 Å². The number of hydrogen-bond acceptors (Lipinski definition) is 3. The second-order valence-electron chi connectivity index (χ2n) is 7.51. The van der Waals surface area contributed by atoms with E-state index < -0.39 is 0 Å². The average molecular weight is 392 g/mol. The molecule has 1 aliphatic rings. The third-order valence-electron chi connectivity index (χ3n) is 5.46. The number of imidazole rings is 1. The van der Waals surface area contributed by atoms with Crippen LogP contribution in [0.4, 0.5) is 5.69 Å². The molecule has 30 heavy (non-hydrogen) atoms. The van der Waals surface area contributed by atoms with E-state index in [4.69, 9.17) is 0 Å². The normalized spacial score (nSPS) is 12.3. The minimum absolute atomic E-state index is 0.0987. The van der Waals surface area contributed by atoms with E-state index in [1.165, 1.54) is 17.5 Å². The van der Waals surface area contributed by atoms with Crippen molar-refractivity contribution in [2.75, 3.05) is 5.32 Å². The second kappa shape index (κ2) is 7.49. The number of nitrogens with zero attached hydrogens (tertiary/aromatic N) is 3. The predicted octanol–water partition coefficient (Wildman–Crippen LogP) is 4.18. The van der Waals surface area contributed by atoms with Crippen LogP contribution < -0.4 is 5.32 Å². The van der Waals surface area contributed by atoms with Crippen molar-refractivity contribution in [1.29, 1.82) is 0 Å². The molecule has 5 rings (SSSR count). The Bertz CT molecular complexity index is 1340. The Balaban J connectivity index is 1.39. The van der Waals surface area contributed by atoms with Gasteiger partial charge in [-0.15, -0.1) is 0 Å². The van der Waals surface area contributed by atoms with Crippen molar-refractivity contribution >= 4 is 17.2 Å². The number of rotatable bonds is 2. The standard InChI is InChI=1S/C25H20N4O/c1-17-7-11-22(28-25(30)21-9-8-18-4-2-5-20(18)14-21)15-19(17)10-12-23-16-26-24-6-3-13-27-29(23)24/h3,6-9,11,13-16H,2,4-5H2,1H3,(H,28,30). The highest BCUT2D eigenvalue weighted by molar-refractivity contribution is 6.04. The number of benzene rings is 2. The number of aryl methyl sites for hydroxylation is 3. The Morgan fingerprint density at radius 3 is 2.90 bits per heavy atom. The third kappa shape index (κ3) is 3.44. The van der Waals surface area contributed by atoms with Gasteiger partial charge in [0.15, 0.2) is 5.65 Å². The van der Waals surface area contributed by atoms with Crippen molar-refractivity contribution in [2.45, 2.75) is 26.2 Å². The Morgan fingerprint density at radius 1 is 1.07 bits per heavy atom. The molecular formula is C25H20N4O. The average Bonchev–Trinajstić information content (AvgIpc) is 3.40. The Hall–Kier alpha value is -3.91. The first-order chi connectivity index (χ1) is 14.7. The molecule has 0 spiro atoms. The molecule has 5 nitrogen and oxygen atoms in total. The zero-order valence-electron chi connectivity index (χ0n) is 16.6. The van der Waals surface area contributed by atoms with Crippen molar-refractivity contribution in [3.05, 3.63) is 94.4 Å². The van der Waals surface area contributed by atoms with E-state index in [-0.39, 0.29) is 5.91 Å². The van der Waals surface area contributed by atoms with E-state index in [0.717, 1.165) is 41.0 Å². The molecule has 2 aromatic heterocycles. The van der Waals surface area contributed by atoms with Crippen LogP contribution in [-0.2, 0) is 12.8 Å². The summed E-state index contributed by atoms with van der Waals surface area (Å²) in [7, 11) is 0. The van der Waals surface area contributed by atoms with Crippen LogP contribution in [0.2, 0.25) is 0 Å². The van der Waals surface area contributed by atoms with Crippen LogP contribution in [0.25, 0.3) is 5.65 Å². The molecule has 0 saturated carbocycles. The van der Waals surface area contributed by atoms with Gasteiger partial charge >= 0.3 is 0 Å². The fourth-order valence-electron chi connectivity index (χ4n) is 3.80. The summed E-state index contributed by atoms with van der Waals surface area (Å²) in [6, 6.07) is 15.5. The predicted molar refractivity (Wildman–Crippen MR) is 117 cm³/mol. The lowest BCUT2D eigenvalue weighted by Crippen LogP contribution is -2.12. The van der Waals surface area contributed by atoms with Gasteiger partial charge in [0.2, 0.25) is 0 Å². The molecule has 1 amide bonds. The molecule has 146 valence electrons. The van der Waals surface area contributed by atoms with Gasteiger partial charge in [-0.3, -0.25) is 4.79 Å². The number of nitrogens with one attached hydrogen (secondary N) is 1. The van der Waals surface area contributed by atoms with E-state index in [9.17, 15) is 4.79 Å². The van der Waals surface area contributed by atoms with Crippen LogP contribution in [0, 0.1) is 18.8 Å². The van der Waals surface area contributed by atoms with Gasteiger partial charge in [-0.05, 0) is 85.2 Å². The molecular weight excluding hydrogens is 372 g/mol. The Morgan fingerprint density at radius 2 is 1.97 bits per heavy atom. The number of aromatic nitrogens is 3. The van der Waals surface area contributed by atoms with Gasteiger partial charge < -0.3 is 5.32 Å². The first kappa shape index (κ1) is 18.1. The molecule has 0 atom stereocenters. The zero-order chi connectivity index (χ0) is 20.5. The highest BCUT2D eigenvalue weighted by atomic mass is 16.1. The highest BCUT2D eigenvalue weighted by Gasteiger charge is 2.14. The highest BCUT2D eigenvalue weighted by Crippen LogP contribution is 2.23. The number of anilines is 1. The van der Waals surface area contributed by atoms with Crippen LogP contribution in [0.5, 0.6) is 0 Å². The minimum atomic E-state index is -0.0987. The van der Waals surface area contributed by atoms with Crippen LogP contribution in [-0.4, -0.2) is 20.5 Å². The summed E-state index contributed by atoms with van der Waals surface area (Å²) < 4.78 is 1.71. The lowest BCUT2D eigenvalue weighted by Gasteiger charge is -2.08. The smallest absolute Gasteiger partial charge is 0.255 e. The number of fused-ring (bicyclic) bond motifs is 2. The zero-order valence-corrected chi connectivity index (χ0v) is 16.6. The number of carbonyl (C=O) groups is 1. The summed E-state index contributed by atoms with van der Waals surface area (Å²) in [5.41, 5.74) is 7.45. The summed E-state index contributed by atoms with van der Waals surface area (Å²) in [5.74, 6) is 6.23. The fraction of sp³-hybridized carbons (Fsp3) is 0.160. The van der Waals surface area contributed by atoms with Gasteiger partial charge in [0.05, 0.1) is 6.20 Å². The Kier molecular flexibility index (Phi) is 4.53. The maximum atomic E-state index is 12.7. The Labute approximate surface area is 174 Å². The first-order valence-corrected chi connectivity index (χ1v) is 10.0. The van der Waals surface area contributed by atoms with Gasteiger partial charge in [0.25, 0.3) is 5.91 Å². The lowest BCUT2D eigenvalue weighted by molar-refractivity contribution is 0.102. The van der Waals surface area contributed by atoms with Crippen molar-refractivity contribution in [3.8, 4) is 11.8 Å². The summed E-state index contributed by atoms with van der Waals surface area (Å²) in [6.07, 6.45) is 6.75. The van der Waals surface area contributed by atoms with E-state index in [2.05, 4.69) is 33.3 Å². The van der Waals surface area contributed by atoms with Gasteiger partial charge in [-0.1, -0.05) is 18.1 Å². The van der Waals surface area contributed by atoms with Crippen LogP contribution >= 0.6 is 0 Å². The van der Waals surface area contributed by atoms with Gasteiger partial charge in [0, 0.05) is 23.0 Å². The van der Waals surface area contributed by atoms with Crippen LogP contribution in [0.3, 0.4) is 0 Å². The maximum Gasteiger partial charge on any atom is 0.255 e. The quantitative estimate of drug-likeness (QED) is 0.521. The summed E-state index contributed by atoms with van der Waals surface area (Å²) in [4.78, 5) is 17.0. The molecule has 0 radical (unpaired) electrons. The van der Waals surface area contributed by atoms with E-state index in [0.29, 0.717) is 5.56 Å². The second-order valence-corrected chi connectivity index (χ2v) is 7.51. The largest absolute Gasteiger partial charge is 0.322 e. The molecule has 2 heterocycles. The fourth-order valence-corrected chi connectivity index (χ4v) is 3.80. The molecule has 0 unspecified atom stereocenters. The SMILES string of the molecule is Cc1ccc(NC(=O)c2ccc3c(c2)CCC3)cc1C#Cc1cnc2cccnn12. The van der Waals surface area contributed by atoms with Gasteiger partial charge in [0.1, 0.15) is 5.69 Å². The van der Waals surface area contributed by atoms with Crippen LogP contribution in [0.15, 0.2) is 60.9 Å². The molecule has 1 aliphatic carbocycles. The van der Waals surface area contributed by atoms with E-state index >= 15 is 0 Å². The summed E-state index contributed by atoms with van der Waals surface area (Å²) in [6.45, 7) is 2.00. The number of hydrogen-bond donors (Lipinski definition) is 1.